The van der Waals surface area contributed by atoms with Crippen LogP contribution in [0.2, 0.25) is 5.02 Å². The molecule has 0 aromatic carbocycles. The maximum Gasteiger partial charge on any atom is 0.282 e. The first-order chi connectivity index (χ1) is 14.0. The van der Waals surface area contributed by atoms with E-state index in [9.17, 15) is 13.6 Å². The molecule has 1 fully saturated rings. The van der Waals surface area contributed by atoms with Crippen LogP contribution >= 0.6 is 11.6 Å². The molecule has 3 aromatic rings. The summed E-state index contributed by atoms with van der Waals surface area (Å²) in [4.78, 5) is 22.4. The van der Waals surface area contributed by atoms with Crippen molar-refractivity contribution in [2.24, 2.45) is 0 Å². The Kier molecular flexibility index (Phi) is 5.18. The van der Waals surface area contributed by atoms with E-state index in [4.69, 9.17) is 16.3 Å². The molecule has 0 saturated carbocycles. The standard InChI is InChI=1S/C18H17ClF2N6O2/c1-29-14-6-12(22-7-11(14)19)18(28)24-10-4-5-26(9-10)16-3-2-15-23-8-13(17(20)21)27(15)25-16/h2-3,6-8,10,17H,4-5,9H2,1H3,(H,24,28)/t10-/m0/s1. The summed E-state index contributed by atoms with van der Waals surface area (Å²) in [6, 6.07) is 4.71. The fourth-order valence-corrected chi connectivity index (χ4v) is 3.43. The lowest BCUT2D eigenvalue weighted by molar-refractivity contribution is 0.0935. The molecule has 0 bridgehead atoms. The van der Waals surface area contributed by atoms with E-state index in [1.165, 1.54) is 19.4 Å². The van der Waals surface area contributed by atoms with Crippen LogP contribution in [-0.4, -0.2) is 51.7 Å². The molecule has 0 aliphatic carbocycles. The lowest BCUT2D eigenvalue weighted by atomic mass is 10.2. The predicted molar refractivity (Wildman–Crippen MR) is 102 cm³/mol. The highest BCUT2D eigenvalue weighted by Gasteiger charge is 2.26. The molecule has 1 N–H and O–H groups in total. The molecule has 1 aliphatic heterocycles. The molecule has 0 spiro atoms. The zero-order valence-corrected chi connectivity index (χ0v) is 16.1. The number of halogens is 3. The van der Waals surface area contributed by atoms with Gasteiger partial charge in [-0.05, 0) is 18.6 Å². The van der Waals surface area contributed by atoms with Gasteiger partial charge in [-0.25, -0.2) is 23.3 Å². The summed E-state index contributed by atoms with van der Waals surface area (Å²) in [6.45, 7) is 1.12. The number of fused-ring (bicyclic) bond motifs is 1. The third-order valence-electron chi connectivity index (χ3n) is 4.72. The molecular weight excluding hydrogens is 406 g/mol. The van der Waals surface area contributed by atoms with Crippen molar-refractivity contribution in [1.82, 2.24) is 24.9 Å². The van der Waals surface area contributed by atoms with Gasteiger partial charge < -0.3 is 15.0 Å². The molecule has 3 aromatic heterocycles. The number of nitrogens with zero attached hydrogens (tertiary/aromatic N) is 5. The van der Waals surface area contributed by atoms with Crippen molar-refractivity contribution in [1.29, 1.82) is 0 Å². The molecule has 8 nitrogen and oxygen atoms in total. The zero-order chi connectivity index (χ0) is 20.5. The molecular formula is C18H17ClF2N6O2. The van der Waals surface area contributed by atoms with Crippen LogP contribution in [0.15, 0.2) is 30.6 Å². The van der Waals surface area contributed by atoms with Crippen LogP contribution in [0.1, 0.15) is 29.0 Å². The van der Waals surface area contributed by atoms with Gasteiger partial charge in [-0.1, -0.05) is 11.6 Å². The number of carbonyl (C=O) groups is 1. The van der Waals surface area contributed by atoms with E-state index >= 15 is 0 Å². The number of hydrogen-bond acceptors (Lipinski definition) is 6. The van der Waals surface area contributed by atoms with Crippen LogP contribution < -0.4 is 15.0 Å². The van der Waals surface area contributed by atoms with E-state index < -0.39 is 6.43 Å². The largest absolute Gasteiger partial charge is 0.495 e. The lowest BCUT2D eigenvalue weighted by Gasteiger charge is -2.18. The average molecular weight is 423 g/mol. The van der Waals surface area contributed by atoms with Crippen molar-refractivity contribution in [2.45, 2.75) is 18.9 Å². The van der Waals surface area contributed by atoms with Gasteiger partial charge in [0.15, 0.2) is 5.65 Å². The predicted octanol–water partition coefficient (Wildman–Crippen LogP) is 2.73. The number of pyridine rings is 1. The number of nitrogens with one attached hydrogen (secondary N) is 1. The third-order valence-corrected chi connectivity index (χ3v) is 5.00. The fraction of sp³-hybridized carbons (Fsp3) is 0.333. The van der Waals surface area contributed by atoms with E-state index in [1.54, 1.807) is 12.1 Å². The van der Waals surface area contributed by atoms with E-state index in [0.717, 1.165) is 10.7 Å². The fourth-order valence-electron chi connectivity index (χ4n) is 3.25. The molecule has 0 radical (unpaired) electrons. The summed E-state index contributed by atoms with van der Waals surface area (Å²) >= 11 is 5.94. The molecule has 29 heavy (non-hydrogen) atoms. The summed E-state index contributed by atoms with van der Waals surface area (Å²) in [6.07, 6.45) is 0.502. The van der Waals surface area contributed by atoms with Crippen LogP contribution in [0.5, 0.6) is 5.75 Å². The molecule has 1 aliphatic rings. The Morgan fingerprint density at radius 2 is 2.17 bits per heavy atom. The van der Waals surface area contributed by atoms with Crippen LogP contribution in [0.3, 0.4) is 0 Å². The van der Waals surface area contributed by atoms with Crippen LogP contribution in [-0.2, 0) is 0 Å². The van der Waals surface area contributed by atoms with Gasteiger partial charge in [0.25, 0.3) is 12.3 Å². The van der Waals surface area contributed by atoms with Crippen LogP contribution in [0, 0.1) is 0 Å². The number of amides is 1. The number of alkyl halides is 2. The number of imidazole rings is 1. The first-order valence-electron chi connectivity index (χ1n) is 8.84. The second kappa shape index (κ2) is 7.78. The van der Waals surface area contributed by atoms with Crippen molar-refractivity contribution < 1.29 is 18.3 Å². The SMILES string of the molecule is COc1cc(C(=O)N[C@H]2CCN(c3ccc4ncc(C(F)F)n4n3)C2)ncc1Cl. The van der Waals surface area contributed by atoms with Crippen molar-refractivity contribution in [3.63, 3.8) is 0 Å². The van der Waals surface area contributed by atoms with Gasteiger partial charge in [0.2, 0.25) is 0 Å². The minimum atomic E-state index is -2.66. The van der Waals surface area contributed by atoms with Gasteiger partial charge in [0, 0.05) is 25.2 Å². The second-order valence-corrected chi connectivity index (χ2v) is 6.96. The number of carbonyl (C=O) groups excluding carboxylic acids is 1. The molecule has 1 saturated heterocycles. The van der Waals surface area contributed by atoms with E-state index in [0.29, 0.717) is 41.7 Å². The quantitative estimate of drug-likeness (QED) is 0.680. The minimum Gasteiger partial charge on any atom is -0.495 e. The molecule has 1 amide bonds. The molecule has 11 heteroatoms. The Bertz CT molecular complexity index is 1060. The Hall–Kier alpha value is -3.01. The third kappa shape index (κ3) is 3.80. The minimum absolute atomic E-state index is 0.138. The molecule has 4 heterocycles. The highest BCUT2D eigenvalue weighted by atomic mass is 35.5. The van der Waals surface area contributed by atoms with Gasteiger partial charge >= 0.3 is 0 Å². The summed E-state index contributed by atoms with van der Waals surface area (Å²) in [5.74, 6) is 0.567. The van der Waals surface area contributed by atoms with Crippen molar-refractivity contribution in [3.8, 4) is 5.75 Å². The molecule has 0 unspecified atom stereocenters. The number of rotatable bonds is 5. The van der Waals surface area contributed by atoms with E-state index in [2.05, 4.69) is 20.4 Å². The zero-order valence-electron chi connectivity index (χ0n) is 15.3. The summed E-state index contributed by atoms with van der Waals surface area (Å²) in [7, 11) is 1.46. The van der Waals surface area contributed by atoms with Gasteiger partial charge in [0.05, 0.1) is 19.5 Å². The molecule has 1 atom stereocenters. The second-order valence-electron chi connectivity index (χ2n) is 6.55. The summed E-state index contributed by atoms with van der Waals surface area (Å²) in [5.41, 5.74) is 0.300. The Balaban J connectivity index is 1.46. The first kappa shape index (κ1) is 19.3. The van der Waals surface area contributed by atoms with Crippen LogP contribution in [0.4, 0.5) is 14.6 Å². The van der Waals surface area contributed by atoms with E-state index in [1.807, 2.05) is 4.90 Å². The van der Waals surface area contributed by atoms with Crippen molar-refractivity contribution in [3.05, 3.63) is 47.0 Å². The maximum atomic E-state index is 13.1. The lowest BCUT2D eigenvalue weighted by Crippen LogP contribution is -2.37. The van der Waals surface area contributed by atoms with Gasteiger partial charge in [-0.2, -0.15) is 0 Å². The van der Waals surface area contributed by atoms with E-state index in [-0.39, 0.29) is 23.3 Å². The Morgan fingerprint density at radius 1 is 1.34 bits per heavy atom. The Labute approximate surface area is 169 Å². The highest BCUT2D eigenvalue weighted by molar-refractivity contribution is 6.32. The number of methoxy groups -OCH3 is 1. The van der Waals surface area contributed by atoms with Gasteiger partial charge in [0.1, 0.15) is 28.0 Å². The number of anilines is 1. The van der Waals surface area contributed by atoms with Gasteiger partial charge in [-0.3, -0.25) is 4.79 Å². The number of ether oxygens (including phenoxy) is 1. The number of hydrogen-bond donors (Lipinski definition) is 1. The topological polar surface area (TPSA) is 84.7 Å². The summed E-state index contributed by atoms with van der Waals surface area (Å²) in [5, 5.41) is 7.52. The normalized spacial score (nSPS) is 16.6. The molecule has 4 rings (SSSR count). The van der Waals surface area contributed by atoms with Gasteiger partial charge in [-0.15, -0.1) is 5.10 Å². The summed E-state index contributed by atoms with van der Waals surface area (Å²) < 4.78 is 32.5. The van der Waals surface area contributed by atoms with Crippen LogP contribution in [0.25, 0.3) is 5.65 Å². The maximum absolute atomic E-state index is 13.1. The average Bonchev–Trinajstić information content (AvgIpc) is 3.34. The number of aromatic nitrogens is 4. The highest BCUT2D eigenvalue weighted by Crippen LogP contribution is 2.25. The smallest absolute Gasteiger partial charge is 0.282 e. The molecule has 152 valence electrons. The first-order valence-corrected chi connectivity index (χ1v) is 9.22. The van der Waals surface area contributed by atoms with Crippen molar-refractivity contribution in [2.75, 3.05) is 25.1 Å². The Morgan fingerprint density at radius 3 is 2.93 bits per heavy atom. The van der Waals surface area contributed by atoms with Crippen molar-refractivity contribution >= 4 is 29.0 Å². The monoisotopic (exact) mass is 422 g/mol.